The topological polar surface area (TPSA) is 78.5 Å². The van der Waals surface area contributed by atoms with Gasteiger partial charge in [0.05, 0.1) is 6.54 Å². The first-order valence-corrected chi connectivity index (χ1v) is 6.18. The second-order valence-corrected chi connectivity index (χ2v) is 4.43. The molecule has 1 aliphatic heterocycles. The van der Waals surface area contributed by atoms with E-state index in [1.165, 1.54) is 11.1 Å². The molecule has 2 aromatic rings. The molecule has 3 N–H and O–H groups in total. The van der Waals surface area contributed by atoms with Crippen molar-refractivity contribution >= 4 is 0 Å². The van der Waals surface area contributed by atoms with Crippen molar-refractivity contribution in [1.82, 2.24) is 31.3 Å². The first-order valence-electron chi connectivity index (χ1n) is 6.18. The maximum atomic E-state index is 3.95. The standard InChI is InChI=1S/C12H16N6/c1-2-4-10-9(3-1)7-13-6-5-11(10)14-8-12-15-17-18-16-12/h1-4,11,13-14H,5-8H2,(H,15,16,17,18). The summed E-state index contributed by atoms with van der Waals surface area (Å²) < 4.78 is 0. The molecule has 0 saturated heterocycles. The Kier molecular flexibility index (Phi) is 3.29. The highest BCUT2D eigenvalue weighted by Gasteiger charge is 2.17. The van der Waals surface area contributed by atoms with E-state index in [-0.39, 0.29) is 0 Å². The number of hydrogen-bond acceptors (Lipinski definition) is 5. The average molecular weight is 244 g/mol. The van der Waals surface area contributed by atoms with Gasteiger partial charge in [-0.05, 0) is 24.1 Å². The molecule has 0 aliphatic carbocycles. The summed E-state index contributed by atoms with van der Waals surface area (Å²) in [6, 6.07) is 8.89. The van der Waals surface area contributed by atoms with E-state index in [1.807, 2.05) is 0 Å². The molecule has 0 amide bonds. The molecule has 0 saturated carbocycles. The molecule has 0 radical (unpaired) electrons. The van der Waals surface area contributed by atoms with Crippen LogP contribution in [0.4, 0.5) is 0 Å². The maximum Gasteiger partial charge on any atom is 0.188 e. The van der Waals surface area contributed by atoms with Gasteiger partial charge >= 0.3 is 0 Å². The van der Waals surface area contributed by atoms with E-state index in [4.69, 9.17) is 0 Å². The molecule has 0 spiro atoms. The van der Waals surface area contributed by atoms with Crippen LogP contribution in [0, 0.1) is 0 Å². The number of fused-ring (bicyclic) bond motifs is 1. The van der Waals surface area contributed by atoms with Crippen molar-refractivity contribution < 1.29 is 0 Å². The van der Waals surface area contributed by atoms with Gasteiger partial charge in [-0.25, -0.2) is 0 Å². The van der Waals surface area contributed by atoms with Crippen LogP contribution < -0.4 is 10.6 Å². The summed E-state index contributed by atoms with van der Waals surface area (Å²) in [7, 11) is 0. The lowest BCUT2D eigenvalue weighted by molar-refractivity contribution is 0.488. The minimum Gasteiger partial charge on any atom is -0.313 e. The summed E-state index contributed by atoms with van der Waals surface area (Å²) in [5, 5.41) is 20.9. The van der Waals surface area contributed by atoms with Crippen LogP contribution in [0.5, 0.6) is 0 Å². The van der Waals surface area contributed by atoms with Gasteiger partial charge < -0.3 is 10.6 Å². The zero-order valence-corrected chi connectivity index (χ0v) is 10.1. The summed E-state index contributed by atoms with van der Waals surface area (Å²) in [6.07, 6.45) is 1.06. The Balaban J connectivity index is 1.75. The van der Waals surface area contributed by atoms with Gasteiger partial charge in [-0.1, -0.05) is 29.5 Å². The molecule has 1 aromatic carbocycles. The Morgan fingerprint density at radius 2 is 2.28 bits per heavy atom. The molecule has 2 heterocycles. The number of H-pyrrole nitrogens is 1. The summed E-state index contributed by atoms with van der Waals surface area (Å²) in [5.41, 5.74) is 2.73. The quantitative estimate of drug-likeness (QED) is 0.734. The number of nitrogens with one attached hydrogen (secondary N) is 3. The Labute approximate surface area is 105 Å². The molecule has 1 aromatic heterocycles. The fourth-order valence-corrected chi connectivity index (χ4v) is 2.34. The summed E-state index contributed by atoms with van der Waals surface area (Å²) in [5.74, 6) is 0.699. The molecule has 1 atom stereocenters. The first kappa shape index (κ1) is 11.3. The van der Waals surface area contributed by atoms with Crippen molar-refractivity contribution in [2.45, 2.75) is 25.6 Å². The lowest BCUT2D eigenvalue weighted by Crippen LogP contribution is -2.23. The van der Waals surface area contributed by atoms with Crippen LogP contribution >= 0.6 is 0 Å². The first-order chi connectivity index (χ1) is 8.93. The van der Waals surface area contributed by atoms with E-state index in [0.717, 1.165) is 19.5 Å². The fourth-order valence-electron chi connectivity index (χ4n) is 2.34. The van der Waals surface area contributed by atoms with Gasteiger partial charge in [0.25, 0.3) is 0 Å². The number of tetrazole rings is 1. The summed E-state index contributed by atoms with van der Waals surface area (Å²) >= 11 is 0. The molecular formula is C12H16N6. The molecule has 1 aliphatic rings. The van der Waals surface area contributed by atoms with Gasteiger partial charge in [-0.15, -0.1) is 10.2 Å². The number of benzene rings is 1. The number of hydrogen-bond donors (Lipinski definition) is 3. The molecular weight excluding hydrogens is 228 g/mol. The number of aromatic nitrogens is 4. The van der Waals surface area contributed by atoms with Gasteiger partial charge in [-0.2, -0.15) is 5.21 Å². The van der Waals surface area contributed by atoms with Crippen molar-refractivity contribution in [3.05, 3.63) is 41.2 Å². The van der Waals surface area contributed by atoms with Crippen molar-refractivity contribution in [3.8, 4) is 0 Å². The zero-order valence-electron chi connectivity index (χ0n) is 10.1. The minimum absolute atomic E-state index is 0.342. The second kappa shape index (κ2) is 5.24. The second-order valence-electron chi connectivity index (χ2n) is 4.43. The van der Waals surface area contributed by atoms with E-state index in [1.54, 1.807) is 0 Å². The van der Waals surface area contributed by atoms with Crippen LogP contribution in [0.15, 0.2) is 24.3 Å². The van der Waals surface area contributed by atoms with Crippen molar-refractivity contribution in [2.24, 2.45) is 0 Å². The molecule has 6 heteroatoms. The Bertz CT molecular complexity index is 495. The monoisotopic (exact) mass is 244 g/mol. The Hall–Kier alpha value is -1.79. The van der Waals surface area contributed by atoms with Gasteiger partial charge in [0.15, 0.2) is 5.82 Å². The van der Waals surface area contributed by atoms with Gasteiger partial charge in [0.1, 0.15) is 0 Å². The molecule has 0 bridgehead atoms. The highest BCUT2D eigenvalue weighted by Crippen LogP contribution is 2.23. The highest BCUT2D eigenvalue weighted by molar-refractivity contribution is 5.30. The van der Waals surface area contributed by atoms with Crippen LogP contribution in [0.25, 0.3) is 0 Å². The fraction of sp³-hybridized carbons (Fsp3) is 0.417. The molecule has 1 unspecified atom stereocenters. The number of nitrogens with zero attached hydrogens (tertiary/aromatic N) is 3. The lowest BCUT2D eigenvalue weighted by atomic mass is 9.99. The predicted octanol–water partition coefficient (Wildman–Crippen LogP) is 0.524. The number of rotatable bonds is 3. The third-order valence-electron chi connectivity index (χ3n) is 3.25. The van der Waals surface area contributed by atoms with Crippen molar-refractivity contribution in [1.29, 1.82) is 0 Å². The smallest absolute Gasteiger partial charge is 0.188 e. The third kappa shape index (κ3) is 2.39. The lowest BCUT2D eigenvalue weighted by Gasteiger charge is -2.17. The van der Waals surface area contributed by atoms with Crippen LogP contribution in [-0.4, -0.2) is 27.2 Å². The average Bonchev–Trinajstić information content (AvgIpc) is 2.84. The van der Waals surface area contributed by atoms with E-state index in [0.29, 0.717) is 18.4 Å². The molecule has 18 heavy (non-hydrogen) atoms. The molecule has 0 fully saturated rings. The Morgan fingerprint density at radius 3 is 3.17 bits per heavy atom. The number of aromatic amines is 1. The van der Waals surface area contributed by atoms with Crippen molar-refractivity contribution in [3.63, 3.8) is 0 Å². The molecule has 6 nitrogen and oxygen atoms in total. The van der Waals surface area contributed by atoms with Crippen LogP contribution in [-0.2, 0) is 13.1 Å². The summed E-state index contributed by atoms with van der Waals surface area (Å²) in [6.45, 7) is 2.59. The Morgan fingerprint density at radius 1 is 1.33 bits per heavy atom. The van der Waals surface area contributed by atoms with Gasteiger partial charge in [0, 0.05) is 12.6 Å². The molecule has 3 rings (SSSR count). The van der Waals surface area contributed by atoms with Crippen LogP contribution in [0.3, 0.4) is 0 Å². The van der Waals surface area contributed by atoms with E-state index in [9.17, 15) is 0 Å². The largest absolute Gasteiger partial charge is 0.313 e. The maximum absolute atomic E-state index is 3.95. The van der Waals surface area contributed by atoms with Crippen LogP contribution in [0.2, 0.25) is 0 Å². The predicted molar refractivity (Wildman–Crippen MR) is 66.5 cm³/mol. The van der Waals surface area contributed by atoms with Crippen molar-refractivity contribution in [2.75, 3.05) is 6.54 Å². The highest BCUT2D eigenvalue weighted by atomic mass is 15.5. The SMILES string of the molecule is c1ccc2c(c1)CNCCC2NCc1nn[nH]n1. The minimum atomic E-state index is 0.342. The normalized spacial score (nSPS) is 19.2. The third-order valence-corrected chi connectivity index (χ3v) is 3.25. The zero-order chi connectivity index (χ0) is 12.2. The molecule has 94 valence electrons. The van der Waals surface area contributed by atoms with Gasteiger partial charge in [-0.3, -0.25) is 0 Å². The van der Waals surface area contributed by atoms with E-state index in [2.05, 4.69) is 55.5 Å². The van der Waals surface area contributed by atoms with Crippen LogP contribution in [0.1, 0.15) is 29.4 Å². The van der Waals surface area contributed by atoms with E-state index >= 15 is 0 Å². The summed E-state index contributed by atoms with van der Waals surface area (Å²) in [4.78, 5) is 0. The van der Waals surface area contributed by atoms with E-state index < -0.39 is 0 Å². The van der Waals surface area contributed by atoms with Gasteiger partial charge in [0.2, 0.25) is 0 Å².